The molecule has 86 valence electrons. The third kappa shape index (κ3) is 1.80. The van der Waals surface area contributed by atoms with Crippen LogP contribution in [0.1, 0.15) is 59.3 Å². The van der Waals surface area contributed by atoms with E-state index in [1.165, 1.54) is 38.5 Å². The standard InChI is InChI=1S/C13H24N2/c1-4-13(5-2)11-8-6-7-9-12(11)14-10(3)15-13/h10,14-15H,4-9H2,1-3H3. The van der Waals surface area contributed by atoms with Gasteiger partial charge in [0, 0.05) is 11.2 Å². The fraction of sp³-hybridized carbons (Fsp3) is 0.846. The van der Waals surface area contributed by atoms with Crippen LogP contribution in [0.3, 0.4) is 0 Å². The van der Waals surface area contributed by atoms with E-state index in [-0.39, 0.29) is 0 Å². The van der Waals surface area contributed by atoms with Crippen LogP contribution in [0, 0.1) is 0 Å². The van der Waals surface area contributed by atoms with Crippen molar-refractivity contribution in [3.63, 3.8) is 0 Å². The van der Waals surface area contributed by atoms with Gasteiger partial charge in [0.1, 0.15) is 0 Å². The second-order valence-electron chi connectivity index (χ2n) is 4.96. The maximum absolute atomic E-state index is 3.76. The Balaban J connectivity index is 2.35. The van der Waals surface area contributed by atoms with Gasteiger partial charge in [-0.25, -0.2) is 0 Å². The van der Waals surface area contributed by atoms with Crippen molar-refractivity contribution in [2.24, 2.45) is 0 Å². The van der Waals surface area contributed by atoms with Crippen molar-refractivity contribution in [1.29, 1.82) is 0 Å². The van der Waals surface area contributed by atoms with Crippen LogP contribution in [0.25, 0.3) is 0 Å². The normalized spacial score (nSPS) is 29.7. The SMILES string of the molecule is CCC1(CC)NC(C)NC2=C1CCCC2. The number of hydrogen-bond donors (Lipinski definition) is 2. The van der Waals surface area contributed by atoms with Crippen molar-refractivity contribution >= 4 is 0 Å². The van der Waals surface area contributed by atoms with Crippen molar-refractivity contribution in [2.45, 2.75) is 71.0 Å². The van der Waals surface area contributed by atoms with E-state index in [0.29, 0.717) is 11.7 Å². The van der Waals surface area contributed by atoms with E-state index in [9.17, 15) is 0 Å². The summed E-state index contributed by atoms with van der Waals surface area (Å²) in [5, 5.41) is 7.37. The van der Waals surface area contributed by atoms with Crippen LogP contribution in [0.2, 0.25) is 0 Å². The van der Waals surface area contributed by atoms with E-state index in [0.717, 1.165) is 0 Å². The lowest BCUT2D eigenvalue weighted by Gasteiger charge is -2.46. The summed E-state index contributed by atoms with van der Waals surface area (Å²) in [6.07, 6.45) is 8.16. The van der Waals surface area contributed by atoms with Crippen LogP contribution in [-0.4, -0.2) is 11.7 Å². The molecule has 1 atom stereocenters. The minimum Gasteiger partial charge on any atom is -0.373 e. The third-order valence-corrected chi connectivity index (χ3v) is 4.14. The van der Waals surface area contributed by atoms with E-state index in [2.05, 4.69) is 31.4 Å². The highest BCUT2D eigenvalue weighted by molar-refractivity contribution is 5.30. The van der Waals surface area contributed by atoms with Crippen LogP contribution >= 0.6 is 0 Å². The van der Waals surface area contributed by atoms with Gasteiger partial charge in [0.2, 0.25) is 0 Å². The number of allylic oxidation sites excluding steroid dienone is 1. The second kappa shape index (κ2) is 4.17. The molecule has 0 aromatic carbocycles. The molecule has 2 heteroatoms. The molecule has 0 aromatic rings. The Hall–Kier alpha value is -0.500. The van der Waals surface area contributed by atoms with Crippen molar-refractivity contribution in [3.05, 3.63) is 11.3 Å². The fourth-order valence-corrected chi connectivity index (χ4v) is 3.27. The smallest absolute Gasteiger partial charge is 0.0743 e. The van der Waals surface area contributed by atoms with Gasteiger partial charge in [-0.05, 0) is 51.0 Å². The molecule has 0 bridgehead atoms. The Morgan fingerprint density at radius 3 is 2.53 bits per heavy atom. The van der Waals surface area contributed by atoms with Gasteiger partial charge in [-0.15, -0.1) is 0 Å². The highest BCUT2D eigenvalue weighted by atomic mass is 15.2. The summed E-state index contributed by atoms with van der Waals surface area (Å²) in [6.45, 7) is 6.86. The van der Waals surface area contributed by atoms with Gasteiger partial charge in [-0.3, -0.25) is 5.32 Å². The molecule has 1 unspecified atom stereocenters. The van der Waals surface area contributed by atoms with Crippen LogP contribution in [0.15, 0.2) is 11.3 Å². The van der Waals surface area contributed by atoms with Gasteiger partial charge in [0.05, 0.1) is 6.17 Å². The molecule has 0 fully saturated rings. The second-order valence-corrected chi connectivity index (χ2v) is 4.96. The lowest BCUT2D eigenvalue weighted by Crippen LogP contribution is -2.59. The first-order valence-electron chi connectivity index (χ1n) is 6.48. The van der Waals surface area contributed by atoms with Gasteiger partial charge in [-0.2, -0.15) is 0 Å². The zero-order chi connectivity index (χ0) is 10.9. The zero-order valence-electron chi connectivity index (χ0n) is 10.3. The molecule has 0 saturated carbocycles. The summed E-state index contributed by atoms with van der Waals surface area (Å²) in [5.41, 5.74) is 3.52. The summed E-state index contributed by atoms with van der Waals surface area (Å²) in [4.78, 5) is 0. The summed E-state index contributed by atoms with van der Waals surface area (Å²) < 4.78 is 0. The molecule has 2 aliphatic rings. The average molecular weight is 208 g/mol. The van der Waals surface area contributed by atoms with Gasteiger partial charge in [0.25, 0.3) is 0 Å². The molecule has 1 heterocycles. The molecule has 0 saturated heterocycles. The largest absolute Gasteiger partial charge is 0.373 e. The molecular weight excluding hydrogens is 184 g/mol. The quantitative estimate of drug-likeness (QED) is 0.729. The lowest BCUT2D eigenvalue weighted by atomic mass is 9.76. The van der Waals surface area contributed by atoms with Crippen molar-refractivity contribution < 1.29 is 0 Å². The number of rotatable bonds is 2. The molecule has 0 spiro atoms. The third-order valence-electron chi connectivity index (χ3n) is 4.14. The predicted molar refractivity (Wildman–Crippen MR) is 64.5 cm³/mol. The monoisotopic (exact) mass is 208 g/mol. The molecule has 0 amide bonds. The maximum atomic E-state index is 3.76. The molecule has 1 aliphatic heterocycles. The van der Waals surface area contributed by atoms with Gasteiger partial charge in [-0.1, -0.05) is 13.8 Å². The van der Waals surface area contributed by atoms with E-state index in [1.54, 1.807) is 11.3 Å². The molecule has 1 aliphatic carbocycles. The highest BCUT2D eigenvalue weighted by Crippen LogP contribution is 2.38. The molecule has 15 heavy (non-hydrogen) atoms. The molecule has 0 radical (unpaired) electrons. The molecule has 2 nitrogen and oxygen atoms in total. The first-order valence-corrected chi connectivity index (χ1v) is 6.48. The molecule has 0 aromatic heterocycles. The lowest BCUT2D eigenvalue weighted by molar-refractivity contribution is 0.254. The van der Waals surface area contributed by atoms with Crippen LogP contribution < -0.4 is 10.6 Å². The van der Waals surface area contributed by atoms with E-state index in [4.69, 9.17) is 0 Å². The Labute approximate surface area is 93.5 Å². The number of nitrogens with one attached hydrogen (secondary N) is 2. The average Bonchev–Trinajstić information content (AvgIpc) is 2.27. The molecule has 2 rings (SSSR count). The number of hydrogen-bond acceptors (Lipinski definition) is 2. The predicted octanol–water partition coefficient (Wildman–Crippen LogP) is 2.91. The van der Waals surface area contributed by atoms with E-state index < -0.39 is 0 Å². The van der Waals surface area contributed by atoms with Gasteiger partial charge < -0.3 is 5.32 Å². The summed E-state index contributed by atoms with van der Waals surface area (Å²) >= 11 is 0. The van der Waals surface area contributed by atoms with Crippen LogP contribution in [0.5, 0.6) is 0 Å². The van der Waals surface area contributed by atoms with Crippen LogP contribution in [0.4, 0.5) is 0 Å². The van der Waals surface area contributed by atoms with Gasteiger partial charge >= 0.3 is 0 Å². The Morgan fingerprint density at radius 2 is 1.87 bits per heavy atom. The highest BCUT2D eigenvalue weighted by Gasteiger charge is 2.37. The zero-order valence-corrected chi connectivity index (χ0v) is 10.3. The molecule has 2 N–H and O–H groups in total. The van der Waals surface area contributed by atoms with Crippen molar-refractivity contribution in [1.82, 2.24) is 10.6 Å². The summed E-state index contributed by atoms with van der Waals surface area (Å²) in [5.74, 6) is 0. The minimum atomic E-state index is 0.292. The van der Waals surface area contributed by atoms with Crippen molar-refractivity contribution in [2.75, 3.05) is 0 Å². The van der Waals surface area contributed by atoms with Crippen molar-refractivity contribution in [3.8, 4) is 0 Å². The Morgan fingerprint density at radius 1 is 1.20 bits per heavy atom. The Kier molecular flexibility index (Phi) is 3.06. The van der Waals surface area contributed by atoms with Gasteiger partial charge in [0.15, 0.2) is 0 Å². The fourth-order valence-electron chi connectivity index (χ4n) is 3.27. The summed E-state index contributed by atoms with van der Waals surface area (Å²) in [6, 6.07) is 0. The first-order chi connectivity index (χ1) is 7.22. The minimum absolute atomic E-state index is 0.292. The first kappa shape index (κ1) is 11.0. The maximum Gasteiger partial charge on any atom is 0.0743 e. The summed E-state index contributed by atoms with van der Waals surface area (Å²) in [7, 11) is 0. The van der Waals surface area contributed by atoms with E-state index in [1.807, 2.05) is 0 Å². The molecular formula is C13H24N2. The van der Waals surface area contributed by atoms with Crippen LogP contribution in [-0.2, 0) is 0 Å². The van der Waals surface area contributed by atoms with E-state index >= 15 is 0 Å². The Bertz CT molecular complexity index is 264. The topological polar surface area (TPSA) is 24.1 Å².